The van der Waals surface area contributed by atoms with E-state index in [4.69, 9.17) is 4.84 Å². The highest BCUT2D eigenvalue weighted by Crippen LogP contribution is 2.26. The van der Waals surface area contributed by atoms with Gasteiger partial charge in [-0.2, -0.15) is 5.48 Å². The Kier molecular flexibility index (Phi) is 1.42. The average Bonchev–Trinajstić information content (AvgIpc) is 2.00. The van der Waals surface area contributed by atoms with E-state index in [-0.39, 0.29) is 12.1 Å². The molecule has 0 aromatic carbocycles. The average molecular weight is 145 g/mol. The molecule has 0 spiro atoms. The molecule has 3 N–H and O–H groups in total. The van der Waals surface area contributed by atoms with E-state index in [2.05, 4.69) is 5.48 Å². The van der Waals surface area contributed by atoms with Crippen LogP contribution in [0.1, 0.15) is 12.8 Å². The van der Waals surface area contributed by atoms with Gasteiger partial charge in [0.2, 0.25) is 0 Å². The molecule has 4 nitrogen and oxygen atoms in total. The monoisotopic (exact) mass is 145 g/mol. The summed E-state index contributed by atoms with van der Waals surface area (Å²) >= 11 is 0. The lowest BCUT2D eigenvalue weighted by atomic mass is 9.87. The molecule has 0 amide bonds. The molecule has 2 bridgehead atoms. The van der Waals surface area contributed by atoms with Gasteiger partial charge in [-0.1, -0.05) is 0 Å². The van der Waals surface area contributed by atoms with Gasteiger partial charge in [-0.3, -0.25) is 4.84 Å². The first-order valence-corrected chi connectivity index (χ1v) is 3.56. The molecule has 0 aromatic heterocycles. The molecule has 1 aliphatic carbocycles. The minimum absolute atomic E-state index is 0.0694. The van der Waals surface area contributed by atoms with Crippen molar-refractivity contribution in [2.75, 3.05) is 0 Å². The Morgan fingerprint density at radius 2 is 2.00 bits per heavy atom. The summed E-state index contributed by atoms with van der Waals surface area (Å²) in [5.41, 5.74) is 2.69. The third-order valence-corrected chi connectivity index (χ3v) is 2.28. The number of nitrogens with one attached hydrogen (secondary N) is 1. The van der Waals surface area contributed by atoms with Crippen molar-refractivity contribution in [1.29, 1.82) is 0 Å². The maximum atomic E-state index is 9.28. The predicted molar refractivity (Wildman–Crippen MR) is 33.0 cm³/mol. The van der Waals surface area contributed by atoms with E-state index in [1.54, 1.807) is 0 Å². The first kappa shape index (κ1) is 6.54. The first-order valence-electron chi connectivity index (χ1n) is 3.56. The highest BCUT2D eigenvalue weighted by atomic mass is 16.7. The Bertz CT molecular complexity index is 113. The molecule has 4 unspecified atom stereocenters. The second kappa shape index (κ2) is 2.17. The standard InChI is InChI=1S/C6H11NO3/c8-5-3-1-2-4(6(5)9)10-7-3/h3-9H,1-2H2. The molecular weight excluding hydrogens is 134 g/mol. The SMILES string of the molecule is OC1C2CCC(ON2)C1O. The zero-order chi connectivity index (χ0) is 7.14. The Labute approximate surface area is 58.8 Å². The number of hydrogen-bond acceptors (Lipinski definition) is 4. The highest BCUT2D eigenvalue weighted by Gasteiger charge is 2.43. The molecule has 0 aromatic rings. The third kappa shape index (κ3) is 0.769. The van der Waals surface area contributed by atoms with Crippen LogP contribution < -0.4 is 5.48 Å². The van der Waals surface area contributed by atoms with Gasteiger partial charge in [0, 0.05) is 0 Å². The van der Waals surface area contributed by atoms with E-state index in [1.165, 1.54) is 0 Å². The molecular formula is C6H11NO3. The summed E-state index contributed by atoms with van der Waals surface area (Å²) in [7, 11) is 0. The fourth-order valence-corrected chi connectivity index (χ4v) is 1.58. The quantitative estimate of drug-likeness (QED) is 0.399. The molecule has 3 rings (SSSR count). The van der Waals surface area contributed by atoms with E-state index < -0.39 is 12.2 Å². The summed E-state index contributed by atoms with van der Waals surface area (Å²) in [6.45, 7) is 0. The van der Waals surface area contributed by atoms with Crippen LogP contribution in [0.3, 0.4) is 0 Å². The molecule has 3 aliphatic rings. The van der Waals surface area contributed by atoms with Crippen LogP contribution in [0.25, 0.3) is 0 Å². The van der Waals surface area contributed by atoms with E-state index in [1.807, 2.05) is 0 Å². The fraction of sp³-hybridized carbons (Fsp3) is 1.00. The molecule has 4 atom stereocenters. The zero-order valence-corrected chi connectivity index (χ0v) is 5.53. The van der Waals surface area contributed by atoms with Crippen LogP contribution >= 0.6 is 0 Å². The lowest BCUT2D eigenvalue weighted by molar-refractivity contribution is -0.221. The number of rotatable bonds is 0. The summed E-state index contributed by atoms with van der Waals surface area (Å²) in [6.07, 6.45) is 0.186. The molecule has 58 valence electrons. The number of fused-ring (bicyclic) bond motifs is 3. The normalized spacial score (nSPS) is 53.4. The van der Waals surface area contributed by atoms with Gasteiger partial charge in [0.1, 0.15) is 18.3 Å². The minimum atomic E-state index is -0.694. The molecule has 2 saturated heterocycles. The minimum Gasteiger partial charge on any atom is -0.389 e. The fourth-order valence-electron chi connectivity index (χ4n) is 1.58. The summed E-state index contributed by atoms with van der Waals surface area (Å²) < 4.78 is 0. The lowest BCUT2D eigenvalue weighted by Crippen LogP contribution is -2.62. The van der Waals surface area contributed by atoms with Crippen LogP contribution in [-0.4, -0.2) is 34.6 Å². The van der Waals surface area contributed by atoms with Gasteiger partial charge < -0.3 is 10.2 Å². The van der Waals surface area contributed by atoms with Crippen molar-refractivity contribution in [3.8, 4) is 0 Å². The molecule has 2 heterocycles. The third-order valence-electron chi connectivity index (χ3n) is 2.28. The summed E-state index contributed by atoms with van der Waals surface area (Å²) in [5, 5.41) is 18.5. The van der Waals surface area contributed by atoms with Crippen molar-refractivity contribution in [2.45, 2.75) is 37.2 Å². The molecule has 0 radical (unpaired) electrons. The summed E-state index contributed by atoms with van der Waals surface area (Å²) in [4.78, 5) is 5.00. The summed E-state index contributed by atoms with van der Waals surface area (Å²) in [5.74, 6) is 0. The summed E-state index contributed by atoms with van der Waals surface area (Å²) in [6, 6.07) is -0.0694. The van der Waals surface area contributed by atoms with Gasteiger partial charge in [0.25, 0.3) is 0 Å². The smallest absolute Gasteiger partial charge is 0.110 e. The zero-order valence-electron chi connectivity index (χ0n) is 5.53. The Morgan fingerprint density at radius 3 is 2.30 bits per heavy atom. The second-order valence-electron chi connectivity index (χ2n) is 2.94. The Balaban J connectivity index is 2.13. The van der Waals surface area contributed by atoms with Crippen LogP contribution in [0.5, 0.6) is 0 Å². The maximum Gasteiger partial charge on any atom is 0.110 e. The number of hydroxylamine groups is 1. The van der Waals surface area contributed by atoms with Crippen molar-refractivity contribution >= 4 is 0 Å². The van der Waals surface area contributed by atoms with Crippen LogP contribution in [0, 0.1) is 0 Å². The largest absolute Gasteiger partial charge is 0.389 e. The lowest BCUT2D eigenvalue weighted by Gasteiger charge is -2.43. The van der Waals surface area contributed by atoms with Gasteiger partial charge in [-0.05, 0) is 12.8 Å². The van der Waals surface area contributed by atoms with Crippen molar-refractivity contribution in [2.24, 2.45) is 0 Å². The van der Waals surface area contributed by atoms with Crippen molar-refractivity contribution in [1.82, 2.24) is 5.48 Å². The van der Waals surface area contributed by atoms with Gasteiger partial charge in [-0.15, -0.1) is 0 Å². The van der Waals surface area contributed by atoms with E-state index in [0.717, 1.165) is 12.8 Å². The predicted octanol–water partition coefficient (Wildman–Crippen LogP) is -1.23. The van der Waals surface area contributed by atoms with Gasteiger partial charge in [-0.25, -0.2) is 0 Å². The number of aliphatic hydroxyl groups is 2. The van der Waals surface area contributed by atoms with Crippen molar-refractivity contribution in [3.63, 3.8) is 0 Å². The molecule has 2 aliphatic heterocycles. The highest BCUT2D eigenvalue weighted by molar-refractivity contribution is 4.93. The Hall–Kier alpha value is -0.160. The second-order valence-corrected chi connectivity index (χ2v) is 2.94. The maximum absolute atomic E-state index is 9.28. The topological polar surface area (TPSA) is 61.7 Å². The van der Waals surface area contributed by atoms with E-state index in [0.29, 0.717) is 0 Å². The van der Waals surface area contributed by atoms with Gasteiger partial charge in [0.05, 0.1) is 6.04 Å². The first-order chi connectivity index (χ1) is 4.79. The van der Waals surface area contributed by atoms with Crippen molar-refractivity contribution in [3.05, 3.63) is 0 Å². The van der Waals surface area contributed by atoms with Crippen LogP contribution in [0.4, 0.5) is 0 Å². The van der Waals surface area contributed by atoms with Crippen LogP contribution in [0.2, 0.25) is 0 Å². The number of aliphatic hydroxyl groups excluding tert-OH is 2. The van der Waals surface area contributed by atoms with Gasteiger partial charge in [0.15, 0.2) is 0 Å². The van der Waals surface area contributed by atoms with Crippen molar-refractivity contribution < 1.29 is 15.1 Å². The molecule has 4 heteroatoms. The van der Waals surface area contributed by atoms with E-state index in [9.17, 15) is 10.2 Å². The number of hydrogen-bond donors (Lipinski definition) is 3. The molecule has 1 saturated carbocycles. The molecule has 10 heavy (non-hydrogen) atoms. The van der Waals surface area contributed by atoms with Gasteiger partial charge >= 0.3 is 0 Å². The van der Waals surface area contributed by atoms with Crippen LogP contribution in [-0.2, 0) is 4.84 Å². The van der Waals surface area contributed by atoms with E-state index >= 15 is 0 Å². The molecule has 3 fully saturated rings. The van der Waals surface area contributed by atoms with Crippen LogP contribution in [0.15, 0.2) is 0 Å². The Morgan fingerprint density at radius 1 is 1.20 bits per heavy atom.